The van der Waals surface area contributed by atoms with Gasteiger partial charge in [0.25, 0.3) is 5.69 Å². The molecule has 2 aromatic rings. The first kappa shape index (κ1) is 17.6. The molecule has 0 spiro atoms. The van der Waals surface area contributed by atoms with Crippen molar-refractivity contribution >= 4 is 23.2 Å². The van der Waals surface area contributed by atoms with Crippen LogP contribution in [0.15, 0.2) is 60.7 Å². The number of carbonyl (C=O) groups is 2. The van der Waals surface area contributed by atoms with E-state index < -0.39 is 4.92 Å². The fourth-order valence-corrected chi connectivity index (χ4v) is 4.77. The number of carbonyl (C=O) groups excluding carboxylic acids is 2. The zero-order valence-electron chi connectivity index (χ0n) is 15.4. The molecular formula is C22H18N2O5. The van der Waals surface area contributed by atoms with E-state index in [4.69, 9.17) is 4.74 Å². The fourth-order valence-electron chi connectivity index (χ4n) is 4.77. The van der Waals surface area contributed by atoms with Gasteiger partial charge in [-0.05, 0) is 48.1 Å². The molecule has 1 aliphatic heterocycles. The Kier molecular flexibility index (Phi) is 3.97. The van der Waals surface area contributed by atoms with Crippen LogP contribution in [0.1, 0.15) is 12.0 Å². The highest BCUT2D eigenvalue weighted by Crippen LogP contribution is 2.53. The number of anilines is 1. The fraction of sp³-hybridized carbons (Fsp3) is 0.273. The average molecular weight is 390 g/mol. The minimum atomic E-state index is -0.445. The summed E-state index contributed by atoms with van der Waals surface area (Å²) < 4.78 is 5.70. The number of nitro benzene ring substituents is 1. The maximum absolute atomic E-state index is 12.9. The molecule has 7 nitrogen and oxygen atoms in total. The Bertz CT molecular complexity index is 1020. The highest BCUT2D eigenvalue weighted by Gasteiger charge is 2.59. The van der Waals surface area contributed by atoms with Gasteiger partial charge < -0.3 is 4.74 Å². The molecule has 0 N–H and O–H groups in total. The first-order chi connectivity index (χ1) is 14.0. The van der Waals surface area contributed by atoms with Crippen LogP contribution in [0.2, 0.25) is 0 Å². The molecular weight excluding hydrogens is 372 g/mol. The Labute approximate surface area is 166 Å². The number of amides is 2. The number of hydrogen-bond donors (Lipinski definition) is 0. The van der Waals surface area contributed by atoms with E-state index in [2.05, 4.69) is 12.2 Å². The second kappa shape index (κ2) is 6.55. The Morgan fingerprint density at radius 1 is 1.00 bits per heavy atom. The number of benzene rings is 2. The van der Waals surface area contributed by atoms with E-state index in [1.54, 1.807) is 36.4 Å². The van der Waals surface area contributed by atoms with E-state index in [-0.39, 0.29) is 47.8 Å². The number of nitrogens with zero attached hydrogens (tertiary/aromatic N) is 2. The van der Waals surface area contributed by atoms with Crippen molar-refractivity contribution in [1.29, 1.82) is 0 Å². The van der Waals surface area contributed by atoms with Crippen LogP contribution in [0.3, 0.4) is 0 Å². The average Bonchev–Trinajstić information content (AvgIpc) is 3.41. The summed E-state index contributed by atoms with van der Waals surface area (Å²) >= 11 is 0. The zero-order valence-corrected chi connectivity index (χ0v) is 15.4. The number of rotatable bonds is 5. The standard InChI is InChI=1S/C22H18N2O5/c25-21-19-14-4-5-15(11-14)20(19)22(26)23(21)16-6-8-18(9-7-16)29-12-13-2-1-3-17(10-13)24(27)28/h1-10,14-15,19-20H,11-12H2/t14-,15+,19-,20-/m0/s1. The lowest BCUT2D eigenvalue weighted by Crippen LogP contribution is -2.32. The monoisotopic (exact) mass is 390 g/mol. The van der Waals surface area contributed by atoms with Gasteiger partial charge in [-0.3, -0.25) is 24.6 Å². The van der Waals surface area contributed by atoms with Crippen LogP contribution in [0.25, 0.3) is 0 Å². The molecule has 29 heavy (non-hydrogen) atoms. The van der Waals surface area contributed by atoms with Crippen LogP contribution in [0.5, 0.6) is 5.75 Å². The van der Waals surface area contributed by atoms with Gasteiger partial charge in [0.1, 0.15) is 12.4 Å². The van der Waals surface area contributed by atoms with Gasteiger partial charge in [-0.2, -0.15) is 0 Å². The third-order valence-electron chi connectivity index (χ3n) is 6.09. The van der Waals surface area contributed by atoms with Crippen molar-refractivity contribution in [3.8, 4) is 5.75 Å². The van der Waals surface area contributed by atoms with Crippen LogP contribution < -0.4 is 9.64 Å². The summed E-state index contributed by atoms with van der Waals surface area (Å²) in [6.07, 6.45) is 5.06. The molecule has 1 saturated heterocycles. The maximum atomic E-state index is 12.9. The molecule has 0 radical (unpaired) electrons. The molecule has 0 unspecified atom stereocenters. The highest BCUT2D eigenvalue weighted by molar-refractivity contribution is 6.22. The molecule has 2 aliphatic carbocycles. The summed E-state index contributed by atoms with van der Waals surface area (Å²) in [5.74, 6) is 0.267. The van der Waals surface area contributed by atoms with Gasteiger partial charge in [0.2, 0.25) is 11.8 Å². The molecule has 2 amide bonds. The SMILES string of the molecule is O=C1[C@@H]2[C@@H](C(=O)N1c1ccc(OCc3cccc([N+](=O)[O-])c3)cc1)[C@H]1C=C[C@@H]2C1. The molecule has 1 heterocycles. The molecule has 2 aromatic carbocycles. The Hall–Kier alpha value is -3.48. The molecule has 4 atom stereocenters. The van der Waals surface area contributed by atoms with Crippen molar-refractivity contribution < 1.29 is 19.2 Å². The molecule has 146 valence electrons. The number of nitro groups is 1. The van der Waals surface area contributed by atoms with Crippen LogP contribution >= 0.6 is 0 Å². The minimum Gasteiger partial charge on any atom is -0.489 e. The van der Waals surface area contributed by atoms with Crippen LogP contribution in [0, 0.1) is 33.8 Å². The lowest BCUT2D eigenvalue weighted by atomic mass is 9.85. The topological polar surface area (TPSA) is 89.8 Å². The molecule has 1 saturated carbocycles. The summed E-state index contributed by atoms with van der Waals surface area (Å²) in [6, 6.07) is 13.1. The van der Waals surface area contributed by atoms with Crippen LogP contribution in [-0.4, -0.2) is 16.7 Å². The lowest BCUT2D eigenvalue weighted by Gasteiger charge is -2.17. The lowest BCUT2D eigenvalue weighted by molar-refractivity contribution is -0.384. The molecule has 2 bridgehead atoms. The molecule has 7 heteroatoms. The van der Waals surface area contributed by atoms with Crippen LogP contribution in [0.4, 0.5) is 11.4 Å². The van der Waals surface area contributed by atoms with E-state index in [9.17, 15) is 19.7 Å². The Morgan fingerprint density at radius 2 is 1.66 bits per heavy atom. The molecule has 0 aromatic heterocycles. The van der Waals surface area contributed by atoms with E-state index in [0.717, 1.165) is 6.42 Å². The third-order valence-corrected chi connectivity index (χ3v) is 6.09. The van der Waals surface area contributed by atoms with Gasteiger partial charge in [0, 0.05) is 12.1 Å². The van der Waals surface area contributed by atoms with Crippen molar-refractivity contribution in [2.75, 3.05) is 4.90 Å². The van der Waals surface area contributed by atoms with Crippen LogP contribution in [-0.2, 0) is 16.2 Å². The Balaban J connectivity index is 1.29. The number of non-ortho nitro benzene ring substituents is 1. The van der Waals surface area contributed by atoms with E-state index >= 15 is 0 Å². The van der Waals surface area contributed by atoms with Gasteiger partial charge in [-0.15, -0.1) is 0 Å². The van der Waals surface area contributed by atoms with Gasteiger partial charge in [-0.1, -0.05) is 24.3 Å². The summed E-state index contributed by atoms with van der Waals surface area (Å²) in [4.78, 5) is 37.4. The second-order valence-electron chi connectivity index (χ2n) is 7.72. The first-order valence-electron chi connectivity index (χ1n) is 9.55. The van der Waals surface area contributed by atoms with Gasteiger partial charge in [0.05, 0.1) is 22.4 Å². The van der Waals surface area contributed by atoms with Crippen molar-refractivity contribution in [2.24, 2.45) is 23.7 Å². The molecule has 3 aliphatic rings. The number of imide groups is 1. The maximum Gasteiger partial charge on any atom is 0.269 e. The van der Waals surface area contributed by atoms with Gasteiger partial charge in [-0.25, -0.2) is 0 Å². The number of ether oxygens (including phenoxy) is 1. The predicted molar refractivity (Wildman–Crippen MR) is 104 cm³/mol. The summed E-state index contributed by atoms with van der Waals surface area (Å²) in [5, 5.41) is 10.9. The first-order valence-corrected chi connectivity index (χ1v) is 9.55. The van der Waals surface area contributed by atoms with Gasteiger partial charge >= 0.3 is 0 Å². The van der Waals surface area contributed by atoms with E-state index in [0.29, 0.717) is 17.0 Å². The van der Waals surface area contributed by atoms with E-state index in [1.165, 1.54) is 17.0 Å². The third kappa shape index (κ3) is 2.81. The smallest absolute Gasteiger partial charge is 0.269 e. The minimum absolute atomic E-state index is 0.0153. The number of hydrogen-bond acceptors (Lipinski definition) is 5. The highest BCUT2D eigenvalue weighted by atomic mass is 16.6. The van der Waals surface area contributed by atoms with E-state index in [1.807, 2.05) is 0 Å². The molecule has 2 fully saturated rings. The largest absolute Gasteiger partial charge is 0.489 e. The van der Waals surface area contributed by atoms with Crippen molar-refractivity contribution in [3.63, 3.8) is 0 Å². The molecule has 5 rings (SSSR count). The van der Waals surface area contributed by atoms with Gasteiger partial charge in [0.15, 0.2) is 0 Å². The number of allylic oxidation sites excluding steroid dienone is 2. The predicted octanol–water partition coefficient (Wildman–Crippen LogP) is 3.49. The summed E-state index contributed by atoms with van der Waals surface area (Å²) in [5.41, 5.74) is 1.25. The zero-order chi connectivity index (χ0) is 20.1. The Morgan fingerprint density at radius 3 is 2.28 bits per heavy atom. The summed E-state index contributed by atoms with van der Waals surface area (Å²) in [7, 11) is 0. The number of fused-ring (bicyclic) bond motifs is 5. The normalized spacial score (nSPS) is 26.8. The van der Waals surface area contributed by atoms with Crippen molar-refractivity contribution in [3.05, 3.63) is 76.4 Å². The van der Waals surface area contributed by atoms with Crippen molar-refractivity contribution in [1.82, 2.24) is 0 Å². The van der Waals surface area contributed by atoms with Crippen molar-refractivity contribution in [2.45, 2.75) is 13.0 Å². The quantitative estimate of drug-likeness (QED) is 0.337. The second-order valence-corrected chi connectivity index (χ2v) is 7.72. The summed E-state index contributed by atoms with van der Waals surface area (Å²) in [6.45, 7) is 0.182.